The van der Waals surface area contributed by atoms with Crippen molar-refractivity contribution >= 4 is 11.8 Å². The van der Waals surface area contributed by atoms with E-state index >= 15 is 0 Å². The summed E-state index contributed by atoms with van der Waals surface area (Å²) in [6, 6.07) is 0. The highest BCUT2D eigenvalue weighted by Crippen LogP contribution is 2.27. The van der Waals surface area contributed by atoms with Gasteiger partial charge in [0.2, 0.25) is 11.8 Å². The van der Waals surface area contributed by atoms with Crippen molar-refractivity contribution in [2.45, 2.75) is 58.8 Å². The van der Waals surface area contributed by atoms with Crippen molar-refractivity contribution in [3.63, 3.8) is 0 Å². The van der Waals surface area contributed by atoms with Crippen LogP contribution in [-0.2, 0) is 9.59 Å². The highest BCUT2D eigenvalue weighted by molar-refractivity contribution is 5.83. The summed E-state index contributed by atoms with van der Waals surface area (Å²) >= 11 is 0. The zero-order valence-corrected chi connectivity index (χ0v) is 14.6. The minimum absolute atomic E-state index is 0.0210. The zero-order valence-electron chi connectivity index (χ0n) is 14.6. The maximum atomic E-state index is 12.4. The van der Waals surface area contributed by atoms with Gasteiger partial charge in [0.15, 0.2) is 0 Å². The van der Waals surface area contributed by atoms with Gasteiger partial charge in [0.25, 0.3) is 0 Å². The molecular weight excluding hydrogens is 292 g/mol. The van der Waals surface area contributed by atoms with Gasteiger partial charge in [0, 0.05) is 38.1 Å². The first-order valence-corrected chi connectivity index (χ1v) is 9.07. The maximum absolute atomic E-state index is 12.4. The van der Waals surface area contributed by atoms with E-state index in [2.05, 4.69) is 5.32 Å². The summed E-state index contributed by atoms with van der Waals surface area (Å²) in [6.07, 6.45) is 7.41. The molecule has 2 rings (SSSR count). The smallest absolute Gasteiger partial charge is 0.224 e. The largest absolute Gasteiger partial charge is 0.396 e. The van der Waals surface area contributed by atoms with Crippen LogP contribution in [-0.4, -0.2) is 48.1 Å². The molecule has 2 fully saturated rings. The molecule has 0 aromatic carbocycles. The first kappa shape index (κ1) is 18.2. The van der Waals surface area contributed by atoms with Crippen LogP contribution in [0.2, 0.25) is 0 Å². The molecule has 5 nitrogen and oxygen atoms in total. The molecule has 2 aliphatic rings. The average Bonchev–Trinajstić information content (AvgIpc) is 2.56. The molecule has 1 heterocycles. The number of piperidine rings is 1. The minimum atomic E-state index is -0.304. The van der Waals surface area contributed by atoms with E-state index in [1.54, 1.807) is 0 Å². The predicted molar refractivity (Wildman–Crippen MR) is 89.8 cm³/mol. The summed E-state index contributed by atoms with van der Waals surface area (Å²) in [5.74, 6) is 0.733. The van der Waals surface area contributed by atoms with E-state index in [1.165, 1.54) is 32.1 Å². The number of aliphatic hydroxyl groups is 1. The fourth-order valence-electron chi connectivity index (χ4n) is 3.51. The molecular formula is C18H32N2O3. The van der Waals surface area contributed by atoms with Gasteiger partial charge in [-0.3, -0.25) is 9.59 Å². The summed E-state index contributed by atoms with van der Waals surface area (Å²) in [5.41, 5.74) is -0.304. The fourth-order valence-corrected chi connectivity index (χ4v) is 3.51. The Kier molecular flexibility index (Phi) is 6.45. The van der Waals surface area contributed by atoms with Gasteiger partial charge in [-0.15, -0.1) is 0 Å². The number of nitrogens with zero attached hydrogens (tertiary/aromatic N) is 1. The Morgan fingerprint density at radius 3 is 2.61 bits per heavy atom. The highest BCUT2D eigenvalue weighted by atomic mass is 16.3. The summed E-state index contributed by atoms with van der Waals surface area (Å²) in [5, 5.41) is 12.2. The molecule has 2 amide bonds. The highest BCUT2D eigenvalue weighted by Gasteiger charge is 2.32. The number of amides is 2. The molecule has 132 valence electrons. The van der Waals surface area contributed by atoms with Crippen molar-refractivity contribution in [3.05, 3.63) is 0 Å². The summed E-state index contributed by atoms with van der Waals surface area (Å²) in [4.78, 5) is 26.5. The predicted octanol–water partition coefficient (Wildman–Crippen LogP) is 1.94. The van der Waals surface area contributed by atoms with Crippen LogP contribution < -0.4 is 5.32 Å². The van der Waals surface area contributed by atoms with E-state index < -0.39 is 0 Å². The second kappa shape index (κ2) is 8.13. The lowest BCUT2D eigenvalue weighted by Crippen LogP contribution is -2.48. The van der Waals surface area contributed by atoms with Gasteiger partial charge in [-0.1, -0.05) is 33.1 Å². The Morgan fingerprint density at radius 1 is 1.26 bits per heavy atom. The van der Waals surface area contributed by atoms with Crippen LogP contribution in [0.4, 0.5) is 0 Å². The molecule has 1 aliphatic carbocycles. The van der Waals surface area contributed by atoms with Crippen molar-refractivity contribution < 1.29 is 14.7 Å². The lowest BCUT2D eigenvalue weighted by molar-refractivity contribution is -0.139. The molecule has 0 spiro atoms. The summed E-state index contributed by atoms with van der Waals surface area (Å²) < 4.78 is 0. The normalized spacial score (nSPS) is 23.9. The standard InChI is InChI=1S/C18H32N2O3/c1-18(2,13-21)12-19-17(23)15-8-9-16(22)20(11-15)10-14-6-4-3-5-7-14/h14-15,21H,3-13H2,1-2H3,(H,19,23)/t15-/m1/s1. The number of rotatable bonds is 6. The number of likely N-dealkylation sites (tertiary alicyclic amines) is 1. The zero-order chi connectivity index (χ0) is 16.9. The molecule has 0 bridgehead atoms. The molecule has 0 unspecified atom stereocenters. The second-order valence-corrected chi connectivity index (χ2v) is 8.08. The number of hydrogen-bond donors (Lipinski definition) is 2. The number of hydrogen-bond acceptors (Lipinski definition) is 3. The number of carbonyl (C=O) groups is 2. The monoisotopic (exact) mass is 324 g/mol. The number of carbonyl (C=O) groups excluding carboxylic acids is 2. The van der Waals surface area contributed by atoms with Gasteiger partial charge < -0.3 is 15.3 Å². The molecule has 1 saturated heterocycles. The van der Waals surface area contributed by atoms with Crippen LogP contribution in [0, 0.1) is 17.3 Å². The van der Waals surface area contributed by atoms with E-state index in [1.807, 2.05) is 18.7 Å². The first-order chi connectivity index (χ1) is 10.9. The van der Waals surface area contributed by atoms with Gasteiger partial charge in [0.05, 0.1) is 5.92 Å². The van der Waals surface area contributed by atoms with Crippen molar-refractivity contribution in [1.29, 1.82) is 0 Å². The molecule has 1 atom stereocenters. The molecule has 1 saturated carbocycles. The lowest BCUT2D eigenvalue weighted by Gasteiger charge is -2.36. The second-order valence-electron chi connectivity index (χ2n) is 8.08. The average molecular weight is 324 g/mol. The quantitative estimate of drug-likeness (QED) is 0.784. The topological polar surface area (TPSA) is 69.6 Å². The van der Waals surface area contributed by atoms with Crippen LogP contribution in [0.3, 0.4) is 0 Å². The first-order valence-electron chi connectivity index (χ1n) is 9.07. The van der Waals surface area contributed by atoms with E-state index in [9.17, 15) is 14.7 Å². The Morgan fingerprint density at radius 2 is 1.96 bits per heavy atom. The third kappa shape index (κ3) is 5.48. The molecule has 0 aromatic rings. The van der Waals surface area contributed by atoms with Crippen LogP contribution in [0.25, 0.3) is 0 Å². The van der Waals surface area contributed by atoms with Gasteiger partial charge in [-0.25, -0.2) is 0 Å². The van der Waals surface area contributed by atoms with Crippen LogP contribution in [0.15, 0.2) is 0 Å². The fraction of sp³-hybridized carbons (Fsp3) is 0.889. The summed E-state index contributed by atoms with van der Waals surface area (Å²) in [7, 11) is 0. The van der Waals surface area contributed by atoms with Crippen LogP contribution in [0.5, 0.6) is 0 Å². The van der Waals surface area contributed by atoms with E-state index in [0.29, 0.717) is 31.8 Å². The molecule has 5 heteroatoms. The van der Waals surface area contributed by atoms with Crippen molar-refractivity contribution in [3.8, 4) is 0 Å². The molecule has 23 heavy (non-hydrogen) atoms. The van der Waals surface area contributed by atoms with E-state index in [-0.39, 0.29) is 29.8 Å². The number of aliphatic hydroxyl groups excluding tert-OH is 1. The lowest BCUT2D eigenvalue weighted by atomic mass is 9.87. The van der Waals surface area contributed by atoms with E-state index in [4.69, 9.17) is 0 Å². The third-order valence-corrected chi connectivity index (χ3v) is 5.24. The van der Waals surface area contributed by atoms with Gasteiger partial charge in [0.1, 0.15) is 0 Å². The summed E-state index contributed by atoms with van der Waals surface area (Å²) in [6.45, 7) is 5.74. The van der Waals surface area contributed by atoms with Crippen molar-refractivity contribution in [2.75, 3.05) is 26.2 Å². The van der Waals surface area contributed by atoms with Crippen molar-refractivity contribution in [1.82, 2.24) is 10.2 Å². The van der Waals surface area contributed by atoms with Gasteiger partial charge in [-0.05, 0) is 25.2 Å². The SMILES string of the molecule is CC(C)(CO)CNC(=O)[C@@H]1CCC(=O)N(CC2CCCCC2)C1. The Balaban J connectivity index is 1.83. The molecule has 1 aliphatic heterocycles. The minimum Gasteiger partial charge on any atom is -0.396 e. The van der Waals surface area contributed by atoms with Crippen molar-refractivity contribution in [2.24, 2.45) is 17.3 Å². The van der Waals surface area contributed by atoms with Crippen LogP contribution in [0.1, 0.15) is 58.8 Å². The molecule has 2 N–H and O–H groups in total. The number of nitrogens with one attached hydrogen (secondary N) is 1. The Hall–Kier alpha value is -1.10. The van der Waals surface area contributed by atoms with Gasteiger partial charge in [-0.2, -0.15) is 0 Å². The third-order valence-electron chi connectivity index (χ3n) is 5.24. The molecule has 0 aromatic heterocycles. The Labute approximate surface area is 139 Å². The van der Waals surface area contributed by atoms with E-state index in [0.717, 1.165) is 6.54 Å². The maximum Gasteiger partial charge on any atom is 0.224 e. The van der Waals surface area contributed by atoms with Crippen LogP contribution >= 0.6 is 0 Å². The van der Waals surface area contributed by atoms with Gasteiger partial charge >= 0.3 is 0 Å². The Bertz CT molecular complexity index is 416. The molecule has 0 radical (unpaired) electrons.